The molecular formula is C25H24N6OS. The van der Waals surface area contributed by atoms with Crippen molar-refractivity contribution in [3.63, 3.8) is 0 Å². The van der Waals surface area contributed by atoms with Gasteiger partial charge in [0.1, 0.15) is 10.7 Å². The lowest BCUT2D eigenvalue weighted by molar-refractivity contribution is 0.0766. The predicted molar refractivity (Wildman–Crippen MR) is 130 cm³/mol. The highest BCUT2D eigenvalue weighted by atomic mass is 32.1. The van der Waals surface area contributed by atoms with Crippen LogP contribution in [0.4, 0.5) is 0 Å². The van der Waals surface area contributed by atoms with Gasteiger partial charge in [-0.2, -0.15) is 0 Å². The normalized spacial score (nSPS) is 14.2. The standard InChI is InChI=1S/C25H24N6OS/c1-17-22(24-30-29-23(33-24)19-6-3-2-4-7-19)28-21(16-27-17)18-8-10-20(11-9-18)25(32)31-14-5-12-26-13-15-31/h2-4,6-11,16,26H,5,12-15H2,1H3. The molecule has 4 aromatic rings. The minimum atomic E-state index is 0.0724. The van der Waals surface area contributed by atoms with Crippen molar-refractivity contribution in [3.05, 3.63) is 72.1 Å². The van der Waals surface area contributed by atoms with Crippen molar-refractivity contribution in [2.75, 3.05) is 26.2 Å². The van der Waals surface area contributed by atoms with E-state index in [1.165, 1.54) is 11.3 Å². The van der Waals surface area contributed by atoms with Crippen LogP contribution >= 0.6 is 11.3 Å². The molecule has 0 saturated carbocycles. The van der Waals surface area contributed by atoms with Crippen LogP contribution in [-0.2, 0) is 0 Å². The van der Waals surface area contributed by atoms with Crippen molar-refractivity contribution in [1.82, 2.24) is 30.4 Å². The third-order valence-corrected chi connectivity index (χ3v) is 6.64. The van der Waals surface area contributed by atoms with Crippen LogP contribution in [0.5, 0.6) is 0 Å². The van der Waals surface area contributed by atoms with Gasteiger partial charge in [-0.25, -0.2) is 4.98 Å². The Morgan fingerprint density at radius 2 is 1.73 bits per heavy atom. The monoisotopic (exact) mass is 456 g/mol. The highest BCUT2D eigenvalue weighted by Crippen LogP contribution is 2.31. The summed E-state index contributed by atoms with van der Waals surface area (Å²) in [6, 6.07) is 17.6. The third-order valence-electron chi connectivity index (χ3n) is 5.66. The Balaban J connectivity index is 1.39. The van der Waals surface area contributed by atoms with E-state index >= 15 is 0 Å². The Kier molecular flexibility index (Phi) is 6.19. The molecule has 0 radical (unpaired) electrons. The number of hydrogen-bond donors (Lipinski definition) is 1. The minimum absolute atomic E-state index is 0.0724. The molecule has 0 aliphatic carbocycles. The number of nitrogens with one attached hydrogen (secondary N) is 1. The van der Waals surface area contributed by atoms with E-state index in [1.807, 2.05) is 66.4 Å². The third kappa shape index (κ3) is 4.67. The Bertz CT molecular complexity index is 1250. The van der Waals surface area contributed by atoms with Crippen LogP contribution in [0.1, 0.15) is 22.5 Å². The van der Waals surface area contributed by atoms with Crippen molar-refractivity contribution < 1.29 is 4.79 Å². The van der Waals surface area contributed by atoms with Crippen LogP contribution in [0.15, 0.2) is 60.8 Å². The van der Waals surface area contributed by atoms with Crippen molar-refractivity contribution >= 4 is 17.2 Å². The molecule has 7 nitrogen and oxygen atoms in total. The summed E-state index contributed by atoms with van der Waals surface area (Å²) < 4.78 is 0. The fourth-order valence-corrected chi connectivity index (χ4v) is 4.71. The molecule has 1 fully saturated rings. The quantitative estimate of drug-likeness (QED) is 0.498. The zero-order valence-electron chi connectivity index (χ0n) is 18.4. The van der Waals surface area contributed by atoms with Crippen molar-refractivity contribution in [1.29, 1.82) is 0 Å². The van der Waals surface area contributed by atoms with E-state index in [0.29, 0.717) is 5.56 Å². The Morgan fingerprint density at radius 1 is 0.939 bits per heavy atom. The van der Waals surface area contributed by atoms with Gasteiger partial charge in [-0.1, -0.05) is 53.8 Å². The average Bonchev–Trinajstić information content (AvgIpc) is 3.19. The molecule has 166 valence electrons. The molecule has 2 aromatic heterocycles. The molecule has 5 rings (SSSR count). The number of aromatic nitrogens is 4. The Hall–Kier alpha value is -3.49. The van der Waals surface area contributed by atoms with Crippen LogP contribution < -0.4 is 5.32 Å². The van der Waals surface area contributed by atoms with Crippen molar-refractivity contribution in [2.24, 2.45) is 0 Å². The second kappa shape index (κ2) is 9.56. The number of amides is 1. The van der Waals surface area contributed by atoms with Crippen LogP contribution in [0.2, 0.25) is 0 Å². The number of rotatable bonds is 4. The average molecular weight is 457 g/mol. The zero-order valence-corrected chi connectivity index (χ0v) is 19.2. The first kappa shape index (κ1) is 21.4. The van der Waals surface area contributed by atoms with Crippen molar-refractivity contribution in [3.8, 4) is 32.5 Å². The number of benzene rings is 2. The van der Waals surface area contributed by atoms with Gasteiger partial charge in [-0.3, -0.25) is 9.78 Å². The maximum absolute atomic E-state index is 12.9. The van der Waals surface area contributed by atoms with Crippen LogP contribution in [0, 0.1) is 6.92 Å². The molecular weight excluding hydrogens is 432 g/mol. The Morgan fingerprint density at radius 3 is 2.55 bits per heavy atom. The molecule has 1 aliphatic rings. The van der Waals surface area contributed by atoms with Crippen LogP contribution in [-0.4, -0.2) is 57.2 Å². The van der Waals surface area contributed by atoms with E-state index in [9.17, 15) is 4.79 Å². The summed E-state index contributed by atoms with van der Waals surface area (Å²) in [5, 5.41) is 13.6. The van der Waals surface area contributed by atoms with Gasteiger partial charge >= 0.3 is 0 Å². The molecule has 0 spiro atoms. The minimum Gasteiger partial charge on any atom is -0.337 e. The lowest BCUT2D eigenvalue weighted by Crippen LogP contribution is -2.34. The van der Waals surface area contributed by atoms with E-state index < -0.39 is 0 Å². The van der Waals surface area contributed by atoms with Crippen LogP contribution in [0.25, 0.3) is 32.5 Å². The number of carbonyl (C=O) groups excluding carboxylic acids is 1. The number of hydrogen-bond acceptors (Lipinski definition) is 7. The maximum atomic E-state index is 12.9. The first-order chi connectivity index (χ1) is 16.2. The fourth-order valence-electron chi connectivity index (χ4n) is 3.82. The molecule has 0 atom stereocenters. The summed E-state index contributed by atoms with van der Waals surface area (Å²) >= 11 is 1.50. The molecule has 2 aromatic carbocycles. The molecule has 33 heavy (non-hydrogen) atoms. The lowest BCUT2D eigenvalue weighted by atomic mass is 10.1. The summed E-state index contributed by atoms with van der Waals surface area (Å²) in [7, 11) is 0. The highest BCUT2D eigenvalue weighted by molar-refractivity contribution is 7.17. The first-order valence-corrected chi connectivity index (χ1v) is 11.8. The summed E-state index contributed by atoms with van der Waals surface area (Å²) in [5.74, 6) is 0.0724. The zero-order chi connectivity index (χ0) is 22.6. The topological polar surface area (TPSA) is 83.9 Å². The molecule has 0 bridgehead atoms. The smallest absolute Gasteiger partial charge is 0.253 e. The van der Waals surface area contributed by atoms with Gasteiger partial charge in [-0.15, -0.1) is 10.2 Å². The Labute approximate surface area is 196 Å². The fraction of sp³-hybridized carbons (Fsp3) is 0.240. The van der Waals surface area contributed by atoms with Gasteiger partial charge in [-0.05, 0) is 32.0 Å². The molecule has 3 heterocycles. The molecule has 8 heteroatoms. The molecule has 1 N–H and O–H groups in total. The molecule has 1 amide bonds. The van der Waals surface area contributed by atoms with Gasteiger partial charge in [0.2, 0.25) is 0 Å². The lowest BCUT2D eigenvalue weighted by Gasteiger charge is -2.20. The summed E-state index contributed by atoms with van der Waals surface area (Å²) in [6.07, 6.45) is 2.73. The second-order valence-electron chi connectivity index (χ2n) is 7.94. The number of nitrogens with zero attached hydrogens (tertiary/aromatic N) is 5. The molecule has 1 saturated heterocycles. The summed E-state index contributed by atoms with van der Waals surface area (Å²) in [6.45, 7) is 5.24. The van der Waals surface area contributed by atoms with Gasteiger partial charge in [0.05, 0.1) is 17.6 Å². The van der Waals surface area contributed by atoms with E-state index in [1.54, 1.807) is 6.20 Å². The van der Waals surface area contributed by atoms with Crippen LogP contribution in [0.3, 0.4) is 0 Å². The molecule has 1 aliphatic heterocycles. The van der Waals surface area contributed by atoms with E-state index in [2.05, 4.69) is 20.5 Å². The SMILES string of the molecule is Cc1ncc(-c2ccc(C(=O)N3CCCNCC3)cc2)nc1-c1nnc(-c2ccccc2)s1. The molecule has 0 unspecified atom stereocenters. The summed E-state index contributed by atoms with van der Waals surface area (Å²) in [5.41, 5.74) is 4.90. The van der Waals surface area contributed by atoms with E-state index in [4.69, 9.17) is 4.98 Å². The summed E-state index contributed by atoms with van der Waals surface area (Å²) in [4.78, 5) is 24.2. The van der Waals surface area contributed by atoms with E-state index in [0.717, 1.165) is 70.8 Å². The maximum Gasteiger partial charge on any atom is 0.253 e. The largest absolute Gasteiger partial charge is 0.337 e. The van der Waals surface area contributed by atoms with E-state index in [-0.39, 0.29) is 5.91 Å². The second-order valence-corrected chi connectivity index (χ2v) is 8.92. The first-order valence-electron chi connectivity index (χ1n) is 11.0. The van der Waals surface area contributed by atoms with Crippen molar-refractivity contribution in [2.45, 2.75) is 13.3 Å². The number of carbonyl (C=O) groups is 1. The highest BCUT2D eigenvalue weighted by Gasteiger charge is 2.18. The van der Waals surface area contributed by atoms with Gasteiger partial charge in [0.15, 0.2) is 5.01 Å². The predicted octanol–water partition coefficient (Wildman–Crippen LogP) is 4.07. The van der Waals surface area contributed by atoms with Gasteiger partial charge in [0.25, 0.3) is 5.91 Å². The van der Waals surface area contributed by atoms with Gasteiger partial charge in [0, 0.05) is 36.3 Å². The van der Waals surface area contributed by atoms with Gasteiger partial charge < -0.3 is 10.2 Å². The number of aryl methyl sites for hydroxylation is 1.